The molecular weight excluding hydrogens is 374 g/mol. The minimum Gasteiger partial charge on any atom is -0.494 e. The minimum absolute atomic E-state index is 0.666. The van der Waals surface area contributed by atoms with Crippen LogP contribution in [0, 0.1) is 6.92 Å². The van der Waals surface area contributed by atoms with E-state index in [0.717, 1.165) is 47.3 Å². The Hall–Kier alpha value is -3.28. The maximum atomic E-state index is 5.67. The van der Waals surface area contributed by atoms with Gasteiger partial charge in [-0.1, -0.05) is 6.07 Å². The number of piperidine rings is 1. The zero-order valence-electron chi connectivity index (χ0n) is 17.7. The number of anilines is 4. The number of nitrogens with one attached hydrogen (secondary N) is 2. The Bertz CT molecular complexity index is 971. The highest BCUT2D eigenvalue weighted by atomic mass is 16.5. The molecule has 1 aromatic carbocycles. The molecule has 0 amide bonds. The average molecular weight is 404 g/mol. The van der Waals surface area contributed by atoms with Crippen molar-refractivity contribution in [3.63, 3.8) is 0 Å². The molecule has 30 heavy (non-hydrogen) atoms. The van der Waals surface area contributed by atoms with Gasteiger partial charge in [0.05, 0.1) is 25.0 Å². The van der Waals surface area contributed by atoms with Gasteiger partial charge < -0.3 is 20.3 Å². The van der Waals surface area contributed by atoms with Crippen molar-refractivity contribution in [2.45, 2.75) is 32.7 Å². The van der Waals surface area contributed by atoms with Crippen molar-refractivity contribution in [1.29, 1.82) is 0 Å². The molecule has 4 rings (SSSR count). The summed E-state index contributed by atoms with van der Waals surface area (Å²) in [6.45, 7) is 4.94. The van der Waals surface area contributed by atoms with Gasteiger partial charge in [-0.2, -0.15) is 0 Å². The van der Waals surface area contributed by atoms with E-state index in [4.69, 9.17) is 4.74 Å². The summed E-state index contributed by atoms with van der Waals surface area (Å²) >= 11 is 0. The smallest absolute Gasteiger partial charge is 0.144 e. The summed E-state index contributed by atoms with van der Waals surface area (Å²) in [5.41, 5.74) is 5.24. The second-order valence-corrected chi connectivity index (χ2v) is 7.62. The molecule has 0 aliphatic carbocycles. The number of benzene rings is 1. The number of hydrogen-bond acceptors (Lipinski definition) is 6. The van der Waals surface area contributed by atoms with Gasteiger partial charge in [-0.05, 0) is 56.0 Å². The van der Waals surface area contributed by atoms with E-state index in [9.17, 15) is 0 Å². The number of aromatic nitrogens is 2. The van der Waals surface area contributed by atoms with Crippen LogP contribution < -0.4 is 20.3 Å². The Kier molecular flexibility index (Phi) is 6.32. The van der Waals surface area contributed by atoms with E-state index in [2.05, 4.69) is 43.7 Å². The van der Waals surface area contributed by atoms with Crippen LogP contribution in [-0.4, -0.2) is 30.2 Å². The molecule has 6 heteroatoms. The molecule has 1 aliphatic heterocycles. The molecule has 1 aliphatic rings. The van der Waals surface area contributed by atoms with Crippen LogP contribution in [0.2, 0.25) is 0 Å². The predicted molar refractivity (Wildman–Crippen MR) is 123 cm³/mol. The molecular formula is C24H29N5O. The summed E-state index contributed by atoms with van der Waals surface area (Å²) < 4.78 is 5.67. The highest BCUT2D eigenvalue weighted by Gasteiger charge is 2.14. The Morgan fingerprint density at radius 2 is 1.87 bits per heavy atom. The Labute approximate surface area is 178 Å². The highest BCUT2D eigenvalue weighted by molar-refractivity contribution is 5.71. The molecule has 6 nitrogen and oxygen atoms in total. The SMILES string of the molecule is COc1cc(N2CCCCC2)ccc1Nc1cc(NCc2ccccn2)c(C)cn1. The number of pyridine rings is 2. The monoisotopic (exact) mass is 403 g/mol. The molecule has 0 saturated carbocycles. The molecule has 156 valence electrons. The van der Waals surface area contributed by atoms with Gasteiger partial charge in [0.2, 0.25) is 0 Å². The van der Waals surface area contributed by atoms with Crippen LogP contribution >= 0.6 is 0 Å². The summed E-state index contributed by atoms with van der Waals surface area (Å²) in [5.74, 6) is 1.59. The van der Waals surface area contributed by atoms with Crippen LogP contribution in [0.3, 0.4) is 0 Å². The van der Waals surface area contributed by atoms with Crippen LogP contribution in [0.1, 0.15) is 30.5 Å². The highest BCUT2D eigenvalue weighted by Crippen LogP contribution is 2.33. The standard InChI is InChI=1S/C24H29N5O/c1-18-16-27-24(15-22(18)26-17-19-8-4-5-11-25-19)28-21-10-9-20(14-23(21)30-2)29-12-6-3-7-13-29/h4-5,8-11,14-16H,3,6-7,12-13,17H2,1-2H3,(H2,26,27,28). The fourth-order valence-corrected chi connectivity index (χ4v) is 3.74. The first-order chi connectivity index (χ1) is 14.7. The predicted octanol–water partition coefficient (Wildman–Crippen LogP) is 5.14. The van der Waals surface area contributed by atoms with E-state index >= 15 is 0 Å². The molecule has 3 aromatic rings. The van der Waals surface area contributed by atoms with Crippen molar-refractivity contribution < 1.29 is 4.74 Å². The topological polar surface area (TPSA) is 62.3 Å². The second-order valence-electron chi connectivity index (χ2n) is 7.62. The Morgan fingerprint density at radius 1 is 1.00 bits per heavy atom. The molecule has 1 saturated heterocycles. The molecule has 3 heterocycles. The molecule has 0 atom stereocenters. The normalized spacial score (nSPS) is 13.7. The van der Waals surface area contributed by atoms with Gasteiger partial charge in [0.1, 0.15) is 11.6 Å². The molecule has 2 N–H and O–H groups in total. The van der Waals surface area contributed by atoms with Crippen LogP contribution in [0.15, 0.2) is 54.9 Å². The summed E-state index contributed by atoms with van der Waals surface area (Å²) in [7, 11) is 1.71. The lowest BCUT2D eigenvalue weighted by Gasteiger charge is -2.29. The van der Waals surface area contributed by atoms with Gasteiger partial charge in [0, 0.05) is 49.0 Å². The number of methoxy groups -OCH3 is 1. The van der Waals surface area contributed by atoms with Gasteiger partial charge in [-0.25, -0.2) is 4.98 Å². The third-order valence-electron chi connectivity index (χ3n) is 5.46. The third kappa shape index (κ3) is 4.82. The first kappa shape index (κ1) is 20.0. The van der Waals surface area contributed by atoms with E-state index < -0.39 is 0 Å². The lowest BCUT2D eigenvalue weighted by atomic mass is 10.1. The minimum atomic E-state index is 0.666. The van der Waals surface area contributed by atoms with Crippen LogP contribution in [0.25, 0.3) is 0 Å². The zero-order chi connectivity index (χ0) is 20.8. The summed E-state index contributed by atoms with van der Waals surface area (Å²) in [5, 5.41) is 6.86. The number of rotatable bonds is 7. The van der Waals surface area contributed by atoms with Crippen molar-refractivity contribution in [1.82, 2.24) is 9.97 Å². The van der Waals surface area contributed by atoms with E-state index in [-0.39, 0.29) is 0 Å². The van der Waals surface area contributed by atoms with Crippen molar-refractivity contribution >= 4 is 22.9 Å². The molecule has 2 aromatic heterocycles. The lowest BCUT2D eigenvalue weighted by Crippen LogP contribution is -2.29. The van der Waals surface area contributed by atoms with Gasteiger partial charge >= 0.3 is 0 Å². The van der Waals surface area contributed by atoms with E-state index in [1.807, 2.05) is 43.6 Å². The zero-order valence-corrected chi connectivity index (χ0v) is 17.7. The quantitative estimate of drug-likeness (QED) is 0.570. The first-order valence-electron chi connectivity index (χ1n) is 10.5. The maximum Gasteiger partial charge on any atom is 0.144 e. The van der Waals surface area contributed by atoms with Crippen LogP contribution in [0.4, 0.5) is 22.9 Å². The first-order valence-corrected chi connectivity index (χ1v) is 10.5. The number of ether oxygens (including phenoxy) is 1. The summed E-state index contributed by atoms with van der Waals surface area (Å²) in [6, 6.07) is 14.3. The van der Waals surface area contributed by atoms with Crippen molar-refractivity contribution in [3.05, 3.63) is 66.1 Å². The second kappa shape index (κ2) is 9.48. The Morgan fingerprint density at radius 3 is 2.63 bits per heavy atom. The third-order valence-corrected chi connectivity index (χ3v) is 5.46. The number of aryl methyl sites for hydroxylation is 1. The van der Waals surface area contributed by atoms with E-state index in [1.54, 1.807) is 7.11 Å². The van der Waals surface area contributed by atoms with E-state index in [0.29, 0.717) is 6.54 Å². The lowest BCUT2D eigenvalue weighted by molar-refractivity contribution is 0.416. The summed E-state index contributed by atoms with van der Waals surface area (Å²) in [6.07, 6.45) is 7.51. The van der Waals surface area contributed by atoms with Gasteiger partial charge in [-0.15, -0.1) is 0 Å². The average Bonchev–Trinajstić information content (AvgIpc) is 2.81. The van der Waals surface area contributed by atoms with Crippen molar-refractivity contribution in [2.24, 2.45) is 0 Å². The fourth-order valence-electron chi connectivity index (χ4n) is 3.74. The molecule has 0 radical (unpaired) electrons. The molecule has 0 spiro atoms. The van der Waals surface area contributed by atoms with Gasteiger partial charge in [0.15, 0.2) is 0 Å². The van der Waals surface area contributed by atoms with Gasteiger partial charge in [-0.3, -0.25) is 4.98 Å². The fraction of sp³-hybridized carbons (Fsp3) is 0.333. The van der Waals surface area contributed by atoms with Crippen molar-refractivity contribution in [2.75, 3.05) is 35.7 Å². The number of hydrogen-bond donors (Lipinski definition) is 2. The summed E-state index contributed by atoms with van der Waals surface area (Å²) in [4.78, 5) is 11.3. The maximum absolute atomic E-state index is 5.67. The van der Waals surface area contributed by atoms with E-state index in [1.165, 1.54) is 24.9 Å². The molecule has 0 bridgehead atoms. The largest absolute Gasteiger partial charge is 0.494 e. The molecule has 0 unspecified atom stereocenters. The van der Waals surface area contributed by atoms with Crippen LogP contribution in [0.5, 0.6) is 5.75 Å². The number of nitrogens with zero attached hydrogens (tertiary/aromatic N) is 3. The van der Waals surface area contributed by atoms with Crippen molar-refractivity contribution in [3.8, 4) is 5.75 Å². The Balaban J connectivity index is 1.49. The van der Waals surface area contributed by atoms with Crippen LogP contribution in [-0.2, 0) is 6.54 Å². The molecule has 1 fully saturated rings. The van der Waals surface area contributed by atoms with Gasteiger partial charge in [0.25, 0.3) is 0 Å².